The van der Waals surface area contributed by atoms with Crippen LogP contribution in [0.1, 0.15) is 0 Å². The first-order valence-electron chi connectivity index (χ1n) is 3.75. The van der Waals surface area contributed by atoms with Gasteiger partial charge in [0.25, 0.3) is 0 Å². The number of rotatable bonds is 2. The number of aromatic nitrogens is 1. The van der Waals surface area contributed by atoms with E-state index in [4.69, 9.17) is 15.0 Å². The average molecular weight is 179 g/mol. The van der Waals surface area contributed by atoms with E-state index in [9.17, 15) is 0 Å². The molecule has 1 heterocycles. The number of nitrogens with one attached hydrogen (secondary N) is 1. The lowest BCUT2D eigenvalue weighted by atomic mass is 10.3. The van der Waals surface area contributed by atoms with Crippen molar-refractivity contribution in [3.8, 4) is 5.75 Å². The fourth-order valence-corrected chi connectivity index (χ4v) is 1.15. The molecule has 0 spiro atoms. The van der Waals surface area contributed by atoms with E-state index >= 15 is 0 Å². The van der Waals surface area contributed by atoms with Crippen LogP contribution in [0.4, 0.5) is 6.01 Å². The molecule has 0 saturated carbocycles. The SMILES string of the molecule is COc1cccc2oc(NN)nc12. The van der Waals surface area contributed by atoms with E-state index in [-0.39, 0.29) is 6.01 Å². The van der Waals surface area contributed by atoms with E-state index in [1.165, 1.54) is 0 Å². The molecule has 5 nitrogen and oxygen atoms in total. The topological polar surface area (TPSA) is 73.3 Å². The van der Waals surface area contributed by atoms with Gasteiger partial charge in [-0.25, -0.2) is 5.84 Å². The van der Waals surface area contributed by atoms with Crippen molar-refractivity contribution >= 4 is 17.1 Å². The molecule has 0 aliphatic carbocycles. The van der Waals surface area contributed by atoms with Crippen LogP contribution in [0.2, 0.25) is 0 Å². The first-order valence-corrected chi connectivity index (χ1v) is 3.75. The number of oxazole rings is 1. The second kappa shape index (κ2) is 2.95. The molecule has 0 atom stereocenters. The Bertz CT molecular complexity index is 424. The minimum absolute atomic E-state index is 0.277. The maximum absolute atomic E-state index is 5.23. The molecule has 2 rings (SSSR count). The maximum Gasteiger partial charge on any atom is 0.310 e. The lowest BCUT2D eigenvalue weighted by Crippen LogP contribution is -2.06. The number of para-hydroxylation sites is 1. The van der Waals surface area contributed by atoms with Crippen LogP contribution in [0, 0.1) is 0 Å². The van der Waals surface area contributed by atoms with Gasteiger partial charge in [0, 0.05) is 0 Å². The standard InChI is InChI=1S/C8H9N3O2/c1-12-5-3-2-4-6-7(5)10-8(11-9)13-6/h2-4H,9H2,1H3,(H,10,11). The van der Waals surface area contributed by atoms with Gasteiger partial charge in [-0.3, -0.25) is 5.43 Å². The summed E-state index contributed by atoms with van der Waals surface area (Å²) in [6.45, 7) is 0. The monoisotopic (exact) mass is 179 g/mol. The minimum atomic E-state index is 0.277. The number of hydrogen-bond donors (Lipinski definition) is 2. The summed E-state index contributed by atoms with van der Waals surface area (Å²) in [7, 11) is 1.58. The van der Waals surface area contributed by atoms with E-state index < -0.39 is 0 Å². The van der Waals surface area contributed by atoms with Gasteiger partial charge >= 0.3 is 6.01 Å². The Morgan fingerprint density at radius 1 is 1.54 bits per heavy atom. The third kappa shape index (κ3) is 1.19. The molecule has 0 saturated heterocycles. The normalized spacial score (nSPS) is 10.3. The van der Waals surface area contributed by atoms with Gasteiger partial charge in [0.2, 0.25) is 0 Å². The molecule has 0 bridgehead atoms. The molecule has 0 radical (unpaired) electrons. The van der Waals surface area contributed by atoms with Gasteiger partial charge in [-0.15, -0.1) is 0 Å². The van der Waals surface area contributed by atoms with Gasteiger partial charge in [0.1, 0.15) is 5.75 Å². The minimum Gasteiger partial charge on any atom is -0.494 e. The summed E-state index contributed by atoms with van der Waals surface area (Å²) in [6.07, 6.45) is 0. The quantitative estimate of drug-likeness (QED) is 0.533. The fourth-order valence-electron chi connectivity index (χ4n) is 1.15. The van der Waals surface area contributed by atoms with Crippen LogP contribution in [-0.2, 0) is 0 Å². The van der Waals surface area contributed by atoms with Crippen molar-refractivity contribution in [1.29, 1.82) is 0 Å². The molecule has 3 N–H and O–H groups in total. The second-order valence-corrected chi connectivity index (χ2v) is 2.47. The maximum atomic E-state index is 5.23. The van der Waals surface area contributed by atoms with Crippen LogP contribution in [-0.4, -0.2) is 12.1 Å². The molecular formula is C8H9N3O2. The molecule has 0 fully saturated rings. The largest absolute Gasteiger partial charge is 0.494 e. The van der Waals surface area contributed by atoms with Crippen LogP contribution in [0.25, 0.3) is 11.1 Å². The molecule has 5 heteroatoms. The Balaban J connectivity index is 2.67. The second-order valence-electron chi connectivity index (χ2n) is 2.47. The number of nitrogens with zero attached hydrogens (tertiary/aromatic N) is 1. The summed E-state index contributed by atoms with van der Waals surface area (Å²) in [5.74, 6) is 5.83. The van der Waals surface area contributed by atoms with Gasteiger partial charge in [-0.1, -0.05) is 6.07 Å². The van der Waals surface area contributed by atoms with Gasteiger partial charge in [0.05, 0.1) is 7.11 Å². The van der Waals surface area contributed by atoms with Gasteiger partial charge in [-0.2, -0.15) is 4.98 Å². The van der Waals surface area contributed by atoms with E-state index in [0.29, 0.717) is 16.8 Å². The van der Waals surface area contributed by atoms with Crippen LogP contribution < -0.4 is 16.0 Å². The molecule has 0 unspecified atom stereocenters. The summed E-state index contributed by atoms with van der Waals surface area (Å²) >= 11 is 0. The van der Waals surface area contributed by atoms with Crippen LogP contribution in [0.3, 0.4) is 0 Å². The number of ether oxygens (including phenoxy) is 1. The molecule has 1 aromatic heterocycles. The van der Waals surface area contributed by atoms with E-state index in [1.807, 2.05) is 12.1 Å². The van der Waals surface area contributed by atoms with Crippen molar-refractivity contribution in [3.63, 3.8) is 0 Å². The van der Waals surface area contributed by atoms with Crippen molar-refractivity contribution in [3.05, 3.63) is 18.2 Å². The summed E-state index contributed by atoms with van der Waals surface area (Å²) in [6, 6.07) is 5.71. The molecule has 2 aromatic rings. The Kier molecular flexibility index (Phi) is 1.79. The number of nitrogens with two attached hydrogens (primary N) is 1. The Labute approximate surface area is 74.5 Å². The van der Waals surface area contributed by atoms with Crippen molar-refractivity contribution < 1.29 is 9.15 Å². The number of fused-ring (bicyclic) bond motifs is 1. The predicted molar refractivity (Wildman–Crippen MR) is 48.4 cm³/mol. The predicted octanol–water partition coefficient (Wildman–Crippen LogP) is 1.12. The van der Waals surface area contributed by atoms with Crippen LogP contribution >= 0.6 is 0 Å². The zero-order valence-electron chi connectivity index (χ0n) is 7.07. The molecule has 0 amide bonds. The van der Waals surface area contributed by atoms with Crippen LogP contribution in [0.5, 0.6) is 5.75 Å². The summed E-state index contributed by atoms with van der Waals surface area (Å²) in [5, 5.41) is 0. The van der Waals surface area contributed by atoms with E-state index in [0.717, 1.165) is 0 Å². The van der Waals surface area contributed by atoms with E-state index in [2.05, 4.69) is 10.4 Å². The summed E-state index contributed by atoms with van der Waals surface area (Å²) < 4.78 is 10.3. The van der Waals surface area contributed by atoms with Gasteiger partial charge < -0.3 is 9.15 Å². The summed E-state index contributed by atoms with van der Waals surface area (Å²) in [5.41, 5.74) is 3.64. The highest BCUT2D eigenvalue weighted by Crippen LogP contribution is 2.26. The van der Waals surface area contributed by atoms with Crippen LogP contribution in [0.15, 0.2) is 22.6 Å². The number of anilines is 1. The molecule has 13 heavy (non-hydrogen) atoms. The fraction of sp³-hybridized carbons (Fsp3) is 0.125. The Hall–Kier alpha value is -1.75. The molecule has 0 aliphatic rings. The number of nitrogen functional groups attached to an aromatic ring is 1. The zero-order chi connectivity index (χ0) is 9.26. The van der Waals surface area contributed by atoms with Gasteiger partial charge in [-0.05, 0) is 12.1 Å². The molecule has 1 aromatic carbocycles. The third-order valence-electron chi connectivity index (χ3n) is 1.73. The zero-order valence-corrected chi connectivity index (χ0v) is 7.07. The Morgan fingerprint density at radius 3 is 3.08 bits per heavy atom. The lowest BCUT2D eigenvalue weighted by Gasteiger charge is -1.96. The van der Waals surface area contributed by atoms with Crippen molar-refractivity contribution in [2.24, 2.45) is 5.84 Å². The van der Waals surface area contributed by atoms with Crippen molar-refractivity contribution in [1.82, 2.24) is 4.98 Å². The summed E-state index contributed by atoms with van der Waals surface area (Å²) in [4.78, 5) is 4.07. The average Bonchev–Trinajstić information content (AvgIpc) is 2.59. The highest BCUT2D eigenvalue weighted by molar-refractivity contribution is 5.81. The first-order chi connectivity index (χ1) is 6.35. The van der Waals surface area contributed by atoms with Crippen molar-refractivity contribution in [2.45, 2.75) is 0 Å². The van der Waals surface area contributed by atoms with Gasteiger partial charge in [0.15, 0.2) is 11.1 Å². The number of hydrazine groups is 1. The molecule has 68 valence electrons. The molecular weight excluding hydrogens is 170 g/mol. The number of methoxy groups -OCH3 is 1. The first kappa shape index (κ1) is 7.88. The van der Waals surface area contributed by atoms with E-state index in [1.54, 1.807) is 13.2 Å². The highest BCUT2D eigenvalue weighted by atomic mass is 16.5. The lowest BCUT2D eigenvalue weighted by molar-refractivity contribution is 0.419. The Morgan fingerprint density at radius 2 is 2.38 bits per heavy atom. The number of benzene rings is 1. The van der Waals surface area contributed by atoms with Crippen molar-refractivity contribution in [2.75, 3.05) is 12.5 Å². The molecule has 0 aliphatic heterocycles. The third-order valence-corrected chi connectivity index (χ3v) is 1.73. The highest BCUT2D eigenvalue weighted by Gasteiger charge is 2.08. The number of hydrogen-bond acceptors (Lipinski definition) is 5. The smallest absolute Gasteiger partial charge is 0.310 e.